The van der Waals surface area contributed by atoms with E-state index in [0.717, 1.165) is 12.0 Å². The Kier molecular flexibility index (Phi) is 3.12. The number of benzene rings is 1. The van der Waals surface area contributed by atoms with Gasteiger partial charge in [0.25, 0.3) is 0 Å². The summed E-state index contributed by atoms with van der Waals surface area (Å²) in [6.07, 6.45) is 1.58. The number of fused-ring (bicyclic) bond motifs is 1. The van der Waals surface area contributed by atoms with Crippen molar-refractivity contribution < 1.29 is 19.4 Å². The number of hydrogen-bond acceptors (Lipinski definition) is 3. The topological polar surface area (TPSA) is 75.6 Å². The fourth-order valence-corrected chi connectivity index (χ4v) is 3.20. The molecule has 3 rings (SSSR count). The van der Waals surface area contributed by atoms with Gasteiger partial charge in [-0.05, 0) is 30.7 Å². The van der Waals surface area contributed by atoms with Crippen molar-refractivity contribution in [3.05, 3.63) is 35.9 Å². The Labute approximate surface area is 116 Å². The Hall–Kier alpha value is -2.04. The number of ether oxygens (including phenoxy) is 1. The maximum Gasteiger partial charge on any atom is 0.407 e. The highest BCUT2D eigenvalue weighted by Crippen LogP contribution is 2.63. The van der Waals surface area contributed by atoms with Crippen LogP contribution in [0.15, 0.2) is 30.3 Å². The molecule has 2 aliphatic rings. The number of amides is 1. The Morgan fingerprint density at radius 3 is 2.70 bits per heavy atom. The molecule has 0 spiro atoms. The Morgan fingerprint density at radius 1 is 1.35 bits per heavy atom. The van der Waals surface area contributed by atoms with Crippen LogP contribution in [0, 0.1) is 11.3 Å². The molecule has 0 saturated heterocycles. The zero-order chi connectivity index (χ0) is 14.2. The number of nitrogens with one attached hydrogen (secondary N) is 1. The third-order valence-corrected chi connectivity index (χ3v) is 4.46. The minimum absolute atomic E-state index is 0.0608. The van der Waals surface area contributed by atoms with Crippen molar-refractivity contribution in [3.8, 4) is 0 Å². The number of carboxylic acids is 1. The van der Waals surface area contributed by atoms with E-state index >= 15 is 0 Å². The van der Waals surface area contributed by atoms with Gasteiger partial charge < -0.3 is 15.2 Å². The zero-order valence-electron chi connectivity index (χ0n) is 11.0. The molecule has 106 valence electrons. The van der Waals surface area contributed by atoms with E-state index in [9.17, 15) is 14.7 Å². The van der Waals surface area contributed by atoms with Gasteiger partial charge in [-0.25, -0.2) is 4.79 Å². The molecule has 2 N–H and O–H groups in total. The fourth-order valence-electron chi connectivity index (χ4n) is 3.20. The molecular weight excluding hydrogens is 258 g/mol. The van der Waals surface area contributed by atoms with Crippen LogP contribution in [-0.4, -0.2) is 23.2 Å². The molecule has 0 aromatic heterocycles. The van der Waals surface area contributed by atoms with Crippen molar-refractivity contribution in [3.63, 3.8) is 0 Å². The quantitative estimate of drug-likeness (QED) is 0.883. The number of alkyl carbamates (subject to hydrolysis) is 1. The summed E-state index contributed by atoms with van der Waals surface area (Å²) in [5, 5.41) is 12.0. The lowest BCUT2D eigenvalue weighted by molar-refractivity contribution is -0.143. The van der Waals surface area contributed by atoms with Crippen LogP contribution in [0.2, 0.25) is 0 Å². The van der Waals surface area contributed by atoms with Crippen molar-refractivity contribution in [1.82, 2.24) is 5.32 Å². The van der Waals surface area contributed by atoms with E-state index in [-0.39, 0.29) is 18.6 Å². The van der Waals surface area contributed by atoms with Crippen LogP contribution >= 0.6 is 0 Å². The molecule has 2 fully saturated rings. The van der Waals surface area contributed by atoms with Gasteiger partial charge in [0.15, 0.2) is 0 Å². The first-order valence-corrected chi connectivity index (χ1v) is 6.82. The summed E-state index contributed by atoms with van der Waals surface area (Å²) < 4.78 is 5.15. The normalized spacial score (nSPS) is 30.4. The predicted molar refractivity (Wildman–Crippen MR) is 71.0 cm³/mol. The molecule has 5 nitrogen and oxygen atoms in total. The molecule has 3 atom stereocenters. The first kappa shape index (κ1) is 13.0. The molecular formula is C15H17NO4. The number of rotatable bonds is 4. The Bertz CT molecular complexity index is 530. The first-order chi connectivity index (χ1) is 9.62. The lowest BCUT2D eigenvalue weighted by atomic mass is 10.1. The number of hydrogen-bond donors (Lipinski definition) is 2. The minimum atomic E-state index is -0.732. The highest BCUT2D eigenvalue weighted by atomic mass is 16.5. The number of carbonyl (C=O) groups excluding carboxylic acids is 1. The van der Waals surface area contributed by atoms with Crippen LogP contribution in [0.3, 0.4) is 0 Å². The zero-order valence-corrected chi connectivity index (χ0v) is 11.0. The molecule has 5 heteroatoms. The summed E-state index contributed by atoms with van der Waals surface area (Å²) in [6.45, 7) is 0.230. The smallest absolute Gasteiger partial charge is 0.407 e. The monoisotopic (exact) mass is 275 g/mol. The summed E-state index contributed by atoms with van der Waals surface area (Å²) in [6, 6.07) is 9.39. The van der Waals surface area contributed by atoms with Crippen molar-refractivity contribution >= 4 is 12.1 Å². The third-order valence-electron chi connectivity index (χ3n) is 4.46. The Morgan fingerprint density at radius 2 is 2.10 bits per heavy atom. The van der Waals surface area contributed by atoms with Crippen LogP contribution in [0.4, 0.5) is 4.79 Å². The van der Waals surface area contributed by atoms with E-state index in [1.54, 1.807) is 0 Å². The van der Waals surface area contributed by atoms with E-state index in [4.69, 9.17) is 4.74 Å². The molecule has 0 unspecified atom stereocenters. The van der Waals surface area contributed by atoms with Gasteiger partial charge >= 0.3 is 12.1 Å². The van der Waals surface area contributed by atoms with Crippen molar-refractivity contribution in [2.75, 3.05) is 0 Å². The first-order valence-electron chi connectivity index (χ1n) is 6.82. The van der Waals surface area contributed by atoms with Crippen LogP contribution in [0.5, 0.6) is 0 Å². The molecule has 0 bridgehead atoms. The number of carbonyl (C=O) groups is 2. The lowest BCUT2D eigenvalue weighted by Crippen LogP contribution is -2.35. The van der Waals surface area contributed by atoms with Gasteiger partial charge in [-0.3, -0.25) is 4.79 Å². The average Bonchev–Trinajstić information content (AvgIpc) is 3.10. The van der Waals surface area contributed by atoms with Gasteiger partial charge in [0, 0.05) is 6.04 Å². The summed E-state index contributed by atoms with van der Waals surface area (Å²) in [4.78, 5) is 22.9. The van der Waals surface area contributed by atoms with Crippen LogP contribution in [0.1, 0.15) is 24.8 Å². The summed E-state index contributed by atoms with van der Waals surface area (Å²) in [5.41, 5.74) is 0.359. The van der Waals surface area contributed by atoms with Crippen molar-refractivity contribution in [2.45, 2.75) is 31.9 Å². The lowest BCUT2D eigenvalue weighted by Gasteiger charge is -2.14. The molecule has 0 aliphatic heterocycles. The largest absolute Gasteiger partial charge is 0.481 e. The molecule has 0 heterocycles. The van der Waals surface area contributed by atoms with Crippen molar-refractivity contribution in [2.24, 2.45) is 11.3 Å². The SMILES string of the molecule is O=C(N[C@H]1CC[C@@]2(C(=O)O)C[C@@H]12)OCc1ccccc1. The molecule has 1 aromatic rings. The summed E-state index contributed by atoms with van der Waals surface area (Å²) in [7, 11) is 0. The highest BCUT2D eigenvalue weighted by molar-refractivity contribution is 5.80. The molecule has 1 aromatic carbocycles. The van der Waals surface area contributed by atoms with E-state index in [2.05, 4.69) is 5.32 Å². The van der Waals surface area contributed by atoms with E-state index in [1.807, 2.05) is 30.3 Å². The second kappa shape index (κ2) is 4.81. The standard InChI is InChI=1S/C15H17NO4/c17-13(18)15-7-6-12(11(15)8-15)16-14(19)20-9-10-4-2-1-3-5-10/h1-5,11-12H,6-9H2,(H,16,19)(H,17,18)/t11-,12-,15+/m0/s1. The predicted octanol–water partition coefficient (Wildman–Crippen LogP) is 2.17. The van der Waals surface area contributed by atoms with Gasteiger partial charge in [-0.2, -0.15) is 0 Å². The summed E-state index contributed by atoms with van der Waals surface area (Å²) in [5.74, 6) is -0.659. The molecule has 0 radical (unpaired) electrons. The average molecular weight is 275 g/mol. The van der Waals surface area contributed by atoms with Gasteiger partial charge in [-0.15, -0.1) is 0 Å². The van der Waals surface area contributed by atoms with Gasteiger partial charge in [0.1, 0.15) is 6.61 Å². The van der Waals surface area contributed by atoms with Crippen LogP contribution in [-0.2, 0) is 16.1 Å². The van der Waals surface area contributed by atoms with E-state index in [1.165, 1.54) is 0 Å². The van der Waals surface area contributed by atoms with Crippen LogP contribution in [0.25, 0.3) is 0 Å². The summed E-state index contributed by atoms with van der Waals surface area (Å²) >= 11 is 0. The maximum absolute atomic E-state index is 11.7. The number of aliphatic carboxylic acids is 1. The third kappa shape index (κ3) is 2.24. The Balaban J connectivity index is 1.48. The van der Waals surface area contributed by atoms with Gasteiger partial charge in [-0.1, -0.05) is 30.3 Å². The fraction of sp³-hybridized carbons (Fsp3) is 0.467. The second-order valence-corrected chi connectivity index (χ2v) is 5.62. The molecule has 2 aliphatic carbocycles. The minimum Gasteiger partial charge on any atom is -0.481 e. The van der Waals surface area contributed by atoms with Gasteiger partial charge in [0.05, 0.1) is 5.41 Å². The molecule has 20 heavy (non-hydrogen) atoms. The number of carboxylic acid groups (broad SMARTS) is 1. The van der Waals surface area contributed by atoms with Crippen LogP contribution < -0.4 is 5.32 Å². The van der Waals surface area contributed by atoms with Gasteiger partial charge in [0.2, 0.25) is 0 Å². The molecule has 1 amide bonds. The van der Waals surface area contributed by atoms with E-state index < -0.39 is 17.5 Å². The molecule has 2 saturated carbocycles. The maximum atomic E-state index is 11.7. The second-order valence-electron chi connectivity index (χ2n) is 5.62. The van der Waals surface area contributed by atoms with E-state index in [0.29, 0.717) is 12.8 Å². The van der Waals surface area contributed by atoms with Crippen molar-refractivity contribution in [1.29, 1.82) is 0 Å². The highest BCUT2D eigenvalue weighted by Gasteiger charge is 2.67.